The van der Waals surface area contributed by atoms with E-state index in [1.807, 2.05) is 24.3 Å². The number of benzene rings is 3. The molecule has 1 aliphatic heterocycles. The highest BCUT2D eigenvalue weighted by molar-refractivity contribution is 5.79. The molecular formula is C26H25NO6. The first-order valence-corrected chi connectivity index (χ1v) is 10.9. The molecule has 0 saturated heterocycles. The standard InChI is InChI=1S/C26H25NO6/c1-27(13-17(28)14-30-18-10-11-24-25(12-18)33-16-32-24)26(29)31-15-23-21-8-4-2-6-19(21)20-7-3-5-9-22(20)23/h2-12,17,23,28H,13-16H2,1H3. The van der Waals surface area contributed by atoms with Crippen molar-refractivity contribution in [2.24, 2.45) is 0 Å². The van der Waals surface area contributed by atoms with Crippen LogP contribution in [0.3, 0.4) is 0 Å². The van der Waals surface area contributed by atoms with Gasteiger partial charge in [0.15, 0.2) is 11.5 Å². The normalized spacial score (nSPS) is 14.4. The number of likely N-dealkylation sites (N-methyl/N-ethyl adjacent to an activating group) is 1. The Hall–Kier alpha value is -3.71. The zero-order chi connectivity index (χ0) is 22.8. The van der Waals surface area contributed by atoms with Crippen LogP contribution in [-0.2, 0) is 4.74 Å². The molecule has 3 aromatic carbocycles. The van der Waals surface area contributed by atoms with Crippen molar-refractivity contribution >= 4 is 6.09 Å². The number of fused-ring (bicyclic) bond motifs is 4. The van der Waals surface area contributed by atoms with Gasteiger partial charge in [-0.3, -0.25) is 0 Å². The molecule has 1 N–H and O–H groups in total. The fraction of sp³-hybridized carbons (Fsp3) is 0.269. The summed E-state index contributed by atoms with van der Waals surface area (Å²) in [5.41, 5.74) is 4.68. The van der Waals surface area contributed by atoms with Crippen LogP contribution in [0.5, 0.6) is 17.2 Å². The molecule has 1 heterocycles. The Bertz CT molecular complexity index is 1120. The van der Waals surface area contributed by atoms with E-state index in [1.165, 1.54) is 16.0 Å². The molecular weight excluding hydrogens is 422 g/mol. The predicted molar refractivity (Wildman–Crippen MR) is 122 cm³/mol. The number of ether oxygens (including phenoxy) is 4. The lowest BCUT2D eigenvalue weighted by Gasteiger charge is -2.22. The molecule has 1 atom stereocenters. The second kappa shape index (κ2) is 9.03. The van der Waals surface area contributed by atoms with Crippen molar-refractivity contribution in [2.75, 3.05) is 33.6 Å². The Morgan fingerprint density at radius 3 is 2.42 bits per heavy atom. The molecule has 1 aliphatic carbocycles. The van der Waals surface area contributed by atoms with E-state index in [-0.39, 0.29) is 32.5 Å². The maximum atomic E-state index is 12.6. The van der Waals surface area contributed by atoms with Crippen LogP contribution in [0.2, 0.25) is 0 Å². The highest BCUT2D eigenvalue weighted by Gasteiger charge is 2.29. The molecule has 5 rings (SSSR count). The summed E-state index contributed by atoms with van der Waals surface area (Å²) >= 11 is 0. The SMILES string of the molecule is CN(CC(O)COc1ccc2c(c1)OCO2)C(=O)OCC1c2ccccc2-c2ccccc21. The number of aliphatic hydroxyl groups is 1. The van der Waals surface area contributed by atoms with Crippen molar-refractivity contribution in [2.45, 2.75) is 12.0 Å². The predicted octanol–water partition coefficient (Wildman–Crippen LogP) is 4.04. The summed E-state index contributed by atoms with van der Waals surface area (Å²) in [5, 5.41) is 10.3. The third-order valence-corrected chi connectivity index (χ3v) is 5.92. The van der Waals surface area contributed by atoms with Crippen LogP contribution in [-0.4, -0.2) is 55.8 Å². The van der Waals surface area contributed by atoms with Gasteiger partial charge in [0.1, 0.15) is 25.1 Å². The van der Waals surface area contributed by atoms with E-state index in [2.05, 4.69) is 24.3 Å². The number of carbonyl (C=O) groups excluding carboxylic acids is 1. The minimum absolute atomic E-state index is 0.00554. The van der Waals surface area contributed by atoms with Gasteiger partial charge in [0.25, 0.3) is 0 Å². The molecule has 2 aliphatic rings. The molecule has 3 aromatic rings. The molecule has 0 spiro atoms. The summed E-state index contributed by atoms with van der Waals surface area (Å²) in [5.74, 6) is 1.83. The fourth-order valence-electron chi connectivity index (χ4n) is 4.31. The van der Waals surface area contributed by atoms with Gasteiger partial charge in [0.2, 0.25) is 6.79 Å². The largest absolute Gasteiger partial charge is 0.491 e. The Kier molecular flexibility index (Phi) is 5.79. The molecule has 0 radical (unpaired) electrons. The van der Waals surface area contributed by atoms with Gasteiger partial charge < -0.3 is 29.0 Å². The Morgan fingerprint density at radius 2 is 1.70 bits per heavy atom. The van der Waals surface area contributed by atoms with Crippen molar-refractivity contribution in [3.05, 3.63) is 77.9 Å². The lowest BCUT2D eigenvalue weighted by atomic mass is 9.98. The summed E-state index contributed by atoms with van der Waals surface area (Å²) in [4.78, 5) is 13.9. The van der Waals surface area contributed by atoms with Gasteiger partial charge in [-0.15, -0.1) is 0 Å². The van der Waals surface area contributed by atoms with Gasteiger partial charge in [0.05, 0.1) is 6.54 Å². The summed E-state index contributed by atoms with van der Waals surface area (Å²) in [7, 11) is 1.60. The van der Waals surface area contributed by atoms with E-state index in [0.717, 1.165) is 11.1 Å². The number of aliphatic hydroxyl groups excluding tert-OH is 1. The zero-order valence-corrected chi connectivity index (χ0v) is 18.3. The van der Waals surface area contributed by atoms with E-state index in [0.29, 0.717) is 17.2 Å². The van der Waals surface area contributed by atoms with E-state index in [4.69, 9.17) is 18.9 Å². The monoisotopic (exact) mass is 447 g/mol. The van der Waals surface area contributed by atoms with Crippen molar-refractivity contribution in [3.63, 3.8) is 0 Å². The number of carbonyl (C=O) groups is 1. The van der Waals surface area contributed by atoms with Crippen molar-refractivity contribution in [3.8, 4) is 28.4 Å². The third kappa shape index (κ3) is 4.32. The summed E-state index contributed by atoms with van der Waals surface area (Å²) in [6.07, 6.45) is -1.36. The van der Waals surface area contributed by atoms with Gasteiger partial charge in [-0.2, -0.15) is 0 Å². The highest BCUT2D eigenvalue weighted by atomic mass is 16.7. The quantitative estimate of drug-likeness (QED) is 0.589. The number of hydrogen-bond acceptors (Lipinski definition) is 6. The number of rotatable bonds is 7. The van der Waals surface area contributed by atoms with Crippen LogP contribution < -0.4 is 14.2 Å². The maximum absolute atomic E-state index is 12.6. The Labute approximate surface area is 192 Å². The lowest BCUT2D eigenvalue weighted by Crippen LogP contribution is -2.37. The van der Waals surface area contributed by atoms with Crippen LogP contribution in [0.25, 0.3) is 11.1 Å². The van der Waals surface area contributed by atoms with Gasteiger partial charge in [-0.05, 0) is 34.4 Å². The highest BCUT2D eigenvalue weighted by Crippen LogP contribution is 2.44. The first kappa shape index (κ1) is 21.2. The summed E-state index contributed by atoms with van der Waals surface area (Å²) in [6, 6.07) is 21.6. The van der Waals surface area contributed by atoms with Gasteiger partial charge >= 0.3 is 6.09 Å². The molecule has 0 bridgehead atoms. The average molecular weight is 447 g/mol. The minimum Gasteiger partial charge on any atom is -0.491 e. The van der Waals surface area contributed by atoms with E-state index < -0.39 is 12.2 Å². The van der Waals surface area contributed by atoms with Crippen LogP contribution in [0, 0.1) is 0 Å². The van der Waals surface area contributed by atoms with E-state index in [1.54, 1.807) is 25.2 Å². The zero-order valence-electron chi connectivity index (χ0n) is 18.3. The first-order chi connectivity index (χ1) is 16.1. The van der Waals surface area contributed by atoms with E-state index in [9.17, 15) is 9.90 Å². The van der Waals surface area contributed by atoms with Gasteiger partial charge in [0, 0.05) is 19.0 Å². The van der Waals surface area contributed by atoms with Crippen molar-refractivity contribution < 1.29 is 28.8 Å². The number of hydrogen-bond donors (Lipinski definition) is 1. The molecule has 170 valence electrons. The topological polar surface area (TPSA) is 77.5 Å². The van der Waals surface area contributed by atoms with E-state index >= 15 is 0 Å². The summed E-state index contributed by atoms with van der Waals surface area (Å²) < 4.78 is 21.8. The smallest absolute Gasteiger partial charge is 0.409 e. The maximum Gasteiger partial charge on any atom is 0.409 e. The lowest BCUT2D eigenvalue weighted by molar-refractivity contribution is 0.0598. The van der Waals surface area contributed by atoms with Crippen LogP contribution in [0.4, 0.5) is 4.79 Å². The van der Waals surface area contributed by atoms with Crippen LogP contribution in [0.1, 0.15) is 17.0 Å². The van der Waals surface area contributed by atoms with Crippen molar-refractivity contribution in [1.29, 1.82) is 0 Å². The molecule has 0 aromatic heterocycles. The molecule has 0 saturated carbocycles. The summed E-state index contributed by atoms with van der Waals surface area (Å²) in [6.45, 7) is 0.537. The van der Waals surface area contributed by atoms with Crippen LogP contribution in [0.15, 0.2) is 66.7 Å². The molecule has 1 amide bonds. The second-order valence-corrected chi connectivity index (χ2v) is 8.16. The average Bonchev–Trinajstić information content (AvgIpc) is 3.43. The Morgan fingerprint density at radius 1 is 1.03 bits per heavy atom. The van der Waals surface area contributed by atoms with Gasteiger partial charge in [-0.25, -0.2) is 4.79 Å². The van der Waals surface area contributed by atoms with Gasteiger partial charge in [-0.1, -0.05) is 48.5 Å². The molecule has 33 heavy (non-hydrogen) atoms. The third-order valence-electron chi connectivity index (χ3n) is 5.92. The molecule has 7 heteroatoms. The molecule has 1 unspecified atom stereocenters. The first-order valence-electron chi connectivity index (χ1n) is 10.9. The molecule has 7 nitrogen and oxygen atoms in total. The minimum atomic E-state index is -0.874. The Balaban J connectivity index is 1.14. The number of amides is 1. The number of nitrogens with zero attached hydrogens (tertiary/aromatic N) is 1. The fourth-order valence-corrected chi connectivity index (χ4v) is 4.31. The second-order valence-electron chi connectivity index (χ2n) is 8.16. The molecule has 0 fully saturated rings. The van der Waals surface area contributed by atoms with Crippen molar-refractivity contribution in [1.82, 2.24) is 4.90 Å². The van der Waals surface area contributed by atoms with Crippen LogP contribution >= 0.6 is 0 Å².